The number of nitrogens with two attached hydrogens (primary N) is 1. The van der Waals surface area contributed by atoms with Crippen molar-refractivity contribution >= 4 is 51.1 Å². The van der Waals surface area contributed by atoms with Gasteiger partial charge in [0.2, 0.25) is 0 Å². The predicted octanol–water partition coefficient (Wildman–Crippen LogP) is 2.37. The Bertz CT molecular complexity index is 985. The van der Waals surface area contributed by atoms with Crippen molar-refractivity contribution < 1.29 is 14.3 Å². The number of nitrogen functional groups attached to an aromatic ring is 1. The van der Waals surface area contributed by atoms with Crippen LogP contribution in [-0.2, 0) is 22.4 Å². The van der Waals surface area contributed by atoms with Gasteiger partial charge in [-0.2, -0.15) is 0 Å². The van der Waals surface area contributed by atoms with Crippen LogP contribution in [0.25, 0.3) is 10.2 Å². The highest BCUT2D eigenvalue weighted by atomic mass is 32.2. The van der Waals surface area contributed by atoms with Gasteiger partial charge in [-0.1, -0.05) is 11.8 Å². The minimum Gasteiger partial charge on any atom is -0.463 e. The second-order valence-corrected chi connectivity index (χ2v) is 8.58. The van der Waals surface area contributed by atoms with E-state index in [0.29, 0.717) is 28.0 Å². The molecule has 0 radical (unpaired) electrons. The van der Waals surface area contributed by atoms with E-state index in [-0.39, 0.29) is 19.2 Å². The van der Waals surface area contributed by atoms with Crippen molar-refractivity contribution in [3.05, 3.63) is 21.7 Å². The summed E-state index contributed by atoms with van der Waals surface area (Å²) in [6, 6.07) is -0.342. The number of thiophene rings is 1. The second-order valence-electron chi connectivity index (χ2n) is 6.56. The number of aryl methyl sites for hydroxylation is 2. The van der Waals surface area contributed by atoms with E-state index in [9.17, 15) is 9.59 Å². The number of carbonyl (C=O) groups excluding carboxylic acids is 2. The Balaban J connectivity index is 1.59. The van der Waals surface area contributed by atoms with Crippen molar-refractivity contribution in [2.45, 2.75) is 37.8 Å². The van der Waals surface area contributed by atoms with Gasteiger partial charge < -0.3 is 21.1 Å². The van der Waals surface area contributed by atoms with Crippen LogP contribution >= 0.6 is 23.1 Å². The number of amides is 2. The smallest absolute Gasteiger partial charge is 0.337 e. The molecule has 8 nitrogen and oxygen atoms in total. The average molecular weight is 420 g/mol. The van der Waals surface area contributed by atoms with Gasteiger partial charge in [-0.05, 0) is 38.2 Å². The van der Waals surface area contributed by atoms with Crippen LogP contribution in [0.1, 0.15) is 30.2 Å². The van der Waals surface area contributed by atoms with Crippen molar-refractivity contribution in [1.29, 1.82) is 0 Å². The zero-order valence-corrected chi connectivity index (χ0v) is 17.1. The maximum Gasteiger partial charge on any atom is 0.337 e. The van der Waals surface area contributed by atoms with E-state index < -0.39 is 5.97 Å². The minimum absolute atomic E-state index is 0.139. The van der Waals surface area contributed by atoms with Crippen LogP contribution in [0.3, 0.4) is 0 Å². The third-order valence-corrected chi connectivity index (χ3v) is 6.80. The number of fused-ring (bicyclic) bond motifs is 3. The first-order chi connectivity index (χ1) is 13.6. The highest BCUT2D eigenvalue weighted by Crippen LogP contribution is 2.38. The highest BCUT2D eigenvalue weighted by molar-refractivity contribution is 7.99. The molecule has 1 aliphatic carbocycles. The van der Waals surface area contributed by atoms with Crippen LogP contribution in [0.15, 0.2) is 16.4 Å². The van der Waals surface area contributed by atoms with E-state index >= 15 is 0 Å². The Labute approximate surface area is 170 Å². The quantitative estimate of drug-likeness (QED) is 0.387. The number of nitrogens with one attached hydrogen (secondary N) is 2. The lowest BCUT2D eigenvalue weighted by Gasteiger charge is -2.20. The fraction of sp³-hybridized carbons (Fsp3) is 0.444. The zero-order chi connectivity index (χ0) is 19.7. The lowest BCUT2D eigenvalue weighted by Crippen LogP contribution is -2.44. The van der Waals surface area contributed by atoms with Crippen LogP contribution in [-0.4, -0.2) is 40.9 Å². The largest absolute Gasteiger partial charge is 0.463 e. The normalized spacial score (nSPS) is 16.5. The number of aromatic nitrogens is 2. The SMILES string of the molecule is CCOC(=O)C1=C(CSc2nc(N)c3c4c(sc3n2)CCCC4)NC(=O)NC1. The van der Waals surface area contributed by atoms with Crippen molar-refractivity contribution in [2.24, 2.45) is 0 Å². The van der Waals surface area contributed by atoms with Gasteiger partial charge in [-0.25, -0.2) is 19.6 Å². The summed E-state index contributed by atoms with van der Waals surface area (Å²) < 4.78 is 5.08. The van der Waals surface area contributed by atoms with Gasteiger partial charge >= 0.3 is 12.0 Å². The maximum atomic E-state index is 12.1. The van der Waals surface area contributed by atoms with Gasteiger partial charge in [-0.15, -0.1) is 11.3 Å². The summed E-state index contributed by atoms with van der Waals surface area (Å²) in [7, 11) is 0. The molecule has 2 amide bonds. The van der Waals surface area contributed by atoms with E-state index in [0.717, 1.165) is 23.1 Å². The van der Waals surface area contributed by atoms with Gasteiger partial charge in [0.15, 0.2) is 5.16 Å². The summed E-state index contributed by atoms with van der Waals surface area (Å²) in [5, 5.41) is 6.81. The minimum atomic E-state index is -0.438. The molecule has 0 bridgehead atoms. The number of rotatable bonds is 5. The number of thioether (sulfide) groups is 1. The van der Waals surface area contributed by atoms with Crippen LogP contribution in [0.4, 0.5) is 10.6 Å². The summed E-state index contributed by atoms with van der Waals surface area (Å²) in [4.78, 5) is 35.2. The molecular formula is C18H21N5O3S2. The number of hydrogen-bond acceptors (Lipinski definition) is 8. The number of urea groups is 1. The molecule has 10 heteroatoms. The molecule has 0 spiro atoms. The summed E-state index contributed by atoms with van der Waals surface area (Å²) in [5.41, 5.74) is 8.48. The molecule has 148 valence electrons. The highest BCUT2D eigenvalue weighted by Gasteiger charge is 2.24. The Morgan fingerprint density at radius 3 is 2.96 bits per heavy atom. The standard InChI is InChI=1S/C18H21N5O3S2/c1-2-26-16(24)10-7-20-17(25)21-11(10)8-27-18-22-14(19)13-9-5-3-4-6-12(9)28-15(13)23-18/h2-8H2,1H3,(H2,19,22,23)(H2,20,21,25). The molecule has 0 atom stereocenters. The molecule has 4 rings (SSSR count). The number of nitrogens with zero attached hydrogens (tertiary/aromatic N) is 2. The van der Waals surface area contributed by atoms with Gasteiger partial charge in [0, 0.05) is 16.3 Å². The van der Waals surface area contributed by atoms with Crippen molar-refractivity contribution in [2.75, 3.05) is 24.6 Å². The fourth-order valence-electron chi connectivity index (χ4n) is 3.44. The summed E-state index contributed by atoms with van der Waals surface area (Å²) >= 11 is 3.03. The third-order valence-electron chi connectivity index (χ3n) is 4.74. The Morgan fingerprint density at radius 2 is 2.14 bits per heavy atom. The van der Waals surface area contributed by atoms with Crippen LogP contribution in [0.5, 0.6) is 0 Å². The summed E-state index contributed by atoms with van der Waals surface area (Å²) in [6.45, 7) is 2.16. The Hall–Kier alpha value is -2.33. The predicted molar refractivity (Wildman–Crippen MR) is 109 cm³/mol. The summed E-state index contributed by atoms with van der Waals surface area (Å²) in [6.07, 6.45) is 4.48. The Kier molecular flexibility index (Phi) is 5.40. The van der Waals surface area contributed by atoms with E-state index in [2.05, 4.69) is 20.6 Å². The zero-order valence-electron chi connectivity index (χ0n) is 15.5. The fourth-order valence-corrected chi connectivity index (χ4v) is 5.60. The topological polar surface area (TPSA) is 119 Å². The molecule has 1 aliphatic heterocycles. The molecule has 0 unspecified atom stereocenters. The van der Waals surface area contributed by atoms with Gasteiger partial charge in [-0.3, -0.25) is 0 Å². The molecule has 2 aromatic rings. The second kappa shape index (κ2) is 7.96. The molecule has 0 saturated heterocycles. The van der Waals surface area contributed by atoms with E-state index in [1.54, 1.807) is 18.3 Å². The monoisotopic (exact) mass is 419 g/mol. The number of carbonyl (C=O) groups is 2. The van der Waals surface area contributed by atoms with E-state index in [1.165, 1.54) is 35.0 Å². The van der Waals surface area contributed by atoms with Crippen molar-refractivity contribution in [1.82, 2.24) is 20.6 Å². The number of anilines is 1. The average Bonchev–Trinajstić information content (AvgIpc) is 3.05. The molecule has 0 fully saturated rings. The summed E-state index contributed by atoms with van der Waals surface area (Å²) in [5.74, 6) is 0.408. The lowest BCUT2D eigenvalue weighted by molar-refractivity contribution is -0.138. The molecule has 3 heterocycles. The maximum absolute atomic E-state index is 12.1. The number of ether oxygens (including phenoxy) is 1. The molecule has 0 aromatic carbocycles. The van der Waals surface area contributed by atoms with Crippen molar-refractivity contribution in [3.8, 4) is 0 Å². The number of esters is 1. The first-order valence-corrected chi connectivity index (χ1v) is 11.0. The molecule has 4 N–H and O–H groups in total. The van der Waals surface area contributed by atoms with Crippen LogP contribution < -0.4 is 16.4 Å². The van der Waals surface area contributed by atoms with E-state index in [4.69, 9.17) is 10.5 Å². The molecule has 2 aromatic heterocycles. The van der Waals surface area contributed by atoms with Gasteiger partial charge in [0.1, 0.15) is 10.6 Å². The Morgan fingerprint density at radius 1 is 1.32 bits per heavy atom. The first-order valence-electron chi connectivity index (χ1n) is 9.21. The third kappa shape index (κ3) is 3.66. The van der Waals surface area contributed by atoms with Crippen LogP contribution in [0.2, 0.25) is 0 Å². The van der Waals surface area contributed by atoms with Crippen molar-refractivity contribution in [3.63, 3.8) is 0 Å². The van der Waals surface area contributed by atoms with Gasteiger partial charge in [0.25, 0.3) is 0 Å². The molecule has 28 heavy (non-hydrogen) atoms. The van der Waals surface area contributed by atoms with Crippen LogP contribution in [0, 0.1) is 0 Å². The van der Waals surface area contributed by atoms with E-state index in [1.807, 2.05) is 0 Å². The molecule has 2 aliphatic rings. The first kappa shape index (κ1) is 19.0. The lowest BCUT2D eigenvalue weighted by atomic mass is 9.97. The molecule has 0 saturated carbocycles. The van der Waals surface area contributed by atoms with Gasteiger partial charge in [0.05, 0.1) is 24.1 Å². The number of hydrogen-bond donors (Lipinski definition) is 3. The molecular weight excluding hydrogens is 398 g/mol.